The van der Waals surface area contributed by atoms with Gasteiger partial charge >= 0.3 is 0 Å². The third-order valence-corrected chi connectivity index (χ3v) is 2.67. The highest BCUT2D eigenvalue weighted by molar-refractivity contribution is 6.32. The van der Waals surface area contributed by atoms with Crippen LogP contribution in [0.4, 0.5) is 4.39 Å². The van der Waals surface area contributed by atoms with Gasteiger partial charge in [-0.3, -0.25) is 9.78 Å². The van der Waals surface area contributed by atoms with Crippen LogP contribution in [-0.2, 0) is 0 Å². The minimum atomic E-state index is -0.168. The maximum atomic E-state index is 13.1. The Balaban J connectivity index is 2.47. The molecule has 2 nitrogen and oxygen atoms in total. The van der Waals surface area contributed by atoms with E-state index in [9.17, 15) is 9.18 Å². The standard InChI is InChI=1S/C12H9ClFNO/c13-12-6-15-10(7-16)5-11(12)8-2-1-3-9(14)4-8/h2,4-7H,1,3H2. The van der Waals surface area contributed by atoms with Gasteiger partial charge in [-0.2, -0.15) is 0 Å². The van der Waals surface area contributed by atoms with Crippen LogP contribution in [0.15, 0.2) is 30.2 Å². The van der Waals surface area contributed by atoms with Crippen LogP contribution in [0.1, 0.15) is 28.9 Å². The lowest BCUT2D eigenvalue weighted by Gasteiger charge is -2.10. The van der Waals surface area contributed by atoms with Crippen molar-refractivity contribution in [2.45, 2.75) is 12.8 Å². The van der Waals surface area contributed by atoms with Crippen LogP contribution >= 0.6 is 11.6 Å². The Kier molecular flexibility index (Phi) is 3.15. The van der Waals surface area contributed by atoms with Crippen LogP contribution in [0, 0.1) is 0 Å². The van der Waals surface area contributed by atoms with E-state index in [1.54, 1.807) is 6.07 Å². The molecule has 0 unspecified atom stereocenters. The van der Waals surface area contributed by atoms with Gasteiger partial charge in [-0.1, -0.05) is 17.7 Å². The quantitative estimate of drug-likeness (QED) is 0.736. The largest absolute Gasteiger partial charge is 0.296 e. The lowest BCUT2D eigenvalue weighted by molar-refractivity contribution is 0.111. The van der Waals surface area contributed by atoms with Gasteiger partial charge in [-0.25, -0.2) is 4.39 Å². The molecule has 0 radical (unpaired) electrons. The van der Waals surface area contributed by atoms with Crippen LogP contribution in [0.2, 0.25) is 5.02 Å². The third kappa shape index (κ3) is 2.19. The highest BCUT2D eigenvalue weighted by Gasteiger charge is 2.11. The van der Waals surface area contributed by atoms with Crippen molar-refractivity contribution in [1.29, 1.82) is 0 Å². The summed E-state index contributed by atoms with van der Waals surface area (Å²) in [5.74, 6) is -0.168. The fourth-order valence-corrected chi connectivity index (χ4v) is 1.81. The molecule has 1 aromatic rings. The maximum absolute atomic E-state index is 13.1. The van der Waals surface area contributed by atoms with E-state index in [4.69, 9.17) is 11.6 Å². The van der Waals surface area contributed by atoms with Crippen LogP contribution in [0.25, 0.3) is 5.57 Å². The van der Waals surface area contributed by atoms with Crippen LogP contribution in [0.5, 0.6) is 0 Å². The summed E-state index contributed by atoms with van der Waals surface area (Å²) in [4.78, 5) is 14.4. The van der Waals surface area contributed by atoms with Crippen molar-refractivity contribution in [3.05, 3.63) is 46.5 Å². The highest BCUT2D eigenvalue weighted by Crippen LogP contribution is 2.30. The van der Waals surface area contributed by atoms with Gasteiger partial charge in [0, 0.05) is 18.2 Å². The van der Waals surface area contributed by atoms with E-state index in [1.165, 1.54) is 12.3 Å². The molecule has 0 bridgehead atoms. The first-order valence-electron chi connectivity index (χ1n) is 4.88. The second kappa shape index (κ2) is 4.58. The van der Waals surface area contributed by atoms with E-state index in [1.807, 2.05) is 6.08 Å². The fourth-order valence-electron chi connectivity index (χ4n) is 1.59. The second-order valence-corrected chi connectivity index (χ2v) is 3.90. The summed E-state index contributed by atoms with van der Waals surface area (Å²) in [7, 11) is 0. The molecule has 2 rings (SSSR count). The number of nitrogens with zero attached hydrogens (tertiary/aromatic N) is 1. The minimum Gasteiger partial charge on any atom is -0.296 e. The molecule has 0 saturated carbocycles. The molecule has 4 heteroatoms. The number of allylic oxidation sites excluding steroid dienone is 4. The molecule has 0 aromatic carbocycles. The Morgan fingerprint density at radius 3 is 3.00 bits per heavy atom. The minimum absolute atomic E-state index is 0.168. The van der Waals surface area contributed by atoms with Crippen molar-refractivity contribution in [1.82, 2.24) is 4.98 Å². The lowest BCUT2D eigenvalue weighted by Crippen LogP contribution is -1.94. The Morgan fingerprint density at radius 1 is 1.50 bits per heavy atom. The zero-order chi connectivity index (χ0) is 11.5. The first-order chi connectivity index (χ1) is 7.70. The summed E-state index contributed by atoms with van der Waals surface area (Å²) < 4.78 is 13.1. The number of hydrogen-bond donors (Lipinski definition) is 0. The molecule has 16 heavy (non-hydrogen) atoms. The van der Waals surface area contributed by atoms with Gasteiger partial charge in [0.05, 0.1) is 5.02 Å². The molecule has 82 valence electrons. The van der Waals surface area contributed by atoms with E-state index in [-0.39, 0.29) is 5.83 Å². The van der Waals surface area contributed by atoms with Gasteiger partial charge < -0.3 is 0 Å². The van der Waals surface area contributed by atoms with Crippen molar-refractivity contribution < 1.29 is 9.18 Å². The van der Waals surface area contributed by atoms with E-state index >= 15 is 0 Å². The first kappa shape index (κ1) is 11.0. The highest BCUT2D eigenvalue weighted by atomic mass is 35.5. The molecule has 0 fully saturated rings. The lowest BCUT2D eigenvalue weighted by atomic mass is 9.99. The van der Waals surface area contributed by atoms with Gasteiger partial charge in [0.15, 0.2) is 6.29 Å². The van der Waals surface area contributed by atoms with Crippen molar-refractivity contribution >= 4 is 23.5 Å². The van der Waals surface area contributed by atoms with Crippen molar-refractivity contribution in [3.8, 4) is 0 Å². The van der Waals surface area contributed by atoms with Gasteiger partial charge in [-0.15, -0.1) is 0 Å². The zero-order valence-corrected chi connectivity index (χ0v) is 9.17. The Bertz CT molecular complexity index is 494. The van der Waals surface area contributed by atoms with E-state index < -0.39 is 0 Å². The average Bonchev–Trinajstić information content (AvgIpc) is 2.30. The zero-order valence-electron chi connectivity index (χ0n) is 8.41. The van der Waals surface area contributed by atoms with Gasteiger partial charge in [-0.05, 0) is 24.1 Å². The van der Waals surface area contributed by atoms with Crippen LogP contribution in [-0.4, -0.2) is 11.3 Å². The topological polar surface area (TPSA) is 30.0 Å². The third-order valence-electron chi connectivity index (χ3n) is 2.37. The number of carbonyl (C=O) groups is 1. The number of carbonyl (C=O) groups excluding carboxylic acids is 1. The molecular formula is C12H9ClFNO. The molecule has 1 heterocycles. The number of rotatable bonds is 2. The normalized spacial score (nSPS) is 15.4. The SMILES string of the molecule is O=Cc1cc(C2=CCCC(F)=C2)c(Cl)cn1. The van der Waals surface area contributed by atoms with Gasteiger partial charge in [0.2, 0.25) is 0 Å². The molecule has 1 aliphatic carbocycles. The molecule has 0 atom stereocenters. The van der Waals surface area contributed by atoms with E-state index in [0.29, 0.717) is 41.0 Å². The Morgan fingerprint density at radius 2 is 2.31 bits per heavy atom. The molecule has 0 saturated heterocycles. The van der Waals surface area contributed by atoms with Gasteiger partial charge in [0.25, 0.3) is 0 Å². The number of halogens is 2. The van der Waals surface area contributed by atoms with E-state index in [2.05, 4.69) is 4.98 Å². The summed E-state index contributed by atoms with van der Waals surface area (Å²) in [5.41, 5.74) is 1.65. The van der Waals surface area contributed by atoms with Gasteiger partial charge in [0.1, 0.15) is 11.5 Å². The van der Waals surface area contributed by atoms with Crippen LogP contribution in [0.3, 0.4) is 0 Å². The summed E-state index contributed by atoms with van der Waals surface area (Å²) in [6, 6.07) is 1.57. The first-order valence-corrected chi connectivity index (χ1v) is 5.26. The predicted octanol–water partition coefficient (Wildman–Crippen LogP) is 3.58. The predicted molar refractivity (Wildman–Crippen MR) is 61.0 cm³/mol. The molecule has 1 aromatic heterocycles. The van der Waals surface area contributed by atoms with E-state index in [0.717, 1.165) is 0 Å². The summed E-state index contributed by atoms with van der Waals surface area (Å²) in [6.45, 7) is 0. The molecule has 0 spiro atoms. The Labute approximate surface area is 97.5 Å². The number of pyridine rings is 1. The Hall–Kier alpha value is -1.48. The molecule has 0 N–H and O–H groups in total. The fraction of sp³-hybridized carbons (Fsp3) is 0.167. The molecular weight excluding hydrogens is 229 g/mol. The summed E-state index contributed by atoms with van der Waals surface area (Å²) in [5, 5.41) is 0.419. The van der Waals surface area contributed by atoms with Crippen molar-refractivity contribution in [2.75, 3.05) is 0 Å². The summed E-state index contributed by atoms with van der Waals surface area (Å²) in [6.07, 6.45) is 6.46. The number of hydrogen-bond acceptors (Lipinski definition) is 2. The number of aromatic nitrogens is 1. The van der Waals surface area contributed by atoms with Crippen molar-refractivity contribution in [3.63, 3.8) is 0 Å². The number of aldehydes is 1. The monoisotopic (exact) mass is 237 g/mol. The summed E-state index contributed by atoms with van der Waals surface area (Å²) >= 11 is 5.96. The van der Waals surface area contributed by atoms with Crippen molar-refractivity contribution in [2.24, 2.45) is 0 Å². The maximum Gasteiger partial charge on any atom is 0.168 e. The molecule has 1 aliphatic rings. The molecule has 0 amide bonds. The molecule has 0 aliphatic heterocycles. The second-order valence-electron chi connectivity index (χ2n) is 3.50. The smallest absolute Gasteiger partial charge is 0.168 e. The average molecular weight is 238 g/mol. The van der Waals surface area contributed by atoms with Crippen LogP contribution < -0.4 is 0 Å².